The maximum absolute atomic E-state index is 11.9. The minimum atomic E-state index is -0.532. The normalized spacial score (nSPS) is 41.3. The summed E-state index contributed by atoms with van der Waals surface area (Å²) < 4.78 is 0. The minimum absolute atomic E-state index is 0.368. The zero-order valence-electron chi connectivity index (χ0n) is 9.12. The van der Waals surface area contributed by atoms with Crippen molar-refractivity contribution in [3.63, 3.8) is 0 Å². The van der Waals surface area contributed by atoms with Crippen LogP contribution in [0.15, 0.2) is 0 Å². The van der Waals surface area contributed by atoms with Crippen LogP contribution < -0.4 is 0 Å². The van der Waals surface area contributed by atoms with Crippen LogP contribution >= 0.6 is 0 Å². The molecule has 4 nitrogen and oxygen atoms in total. The molecule has 80 valence electrons. The highest BCUT2D eigenvalue weighted by molar-refractivity contribution is 4.95. The number of hydrazine groups is 1. The zero-order valence-corrected chi connectivity index (χ0v) is 9.12. The quantitative estimate of drug-likeness (QED) is 0.561. The molecule has 0 unspecified atom stereocenters. The van der Waals surface area contributed by atoms with Crippen LogP contribution in [-0.4, -0.2) is 21.1 Å². The van der Waals surface area contributed by atoms with E-state index in [1.54, 1.807) is 0 Å². The van der Waals surface area contributed by atoms with Crippen molar-refractivity contribution < 1.29 is 4.87 Å². The Balaban J connectivity index is 2.43. The molecule has 4 heteroatoms. The van der Waals surface area contributed by atoms with Gasteiger partial charge in [0.05, 0.1) is 10.4 Å². The van der Waals surface area contributed by atoms with Gasteiger partial charge in [-0.05, 0) is 32.6 Å². The van der Waals surface area contributed by atoms with Gasteiger partial charge in [0, 0.05) is 19.8 Å². The predicted octanol–water partition coefficient (Wildman–Crippen LogP) is 2.22. The first-order chi connectivity index (χ1) is 6.38. The van der Waals surface area contributed by atoms with Gasteiger partial charge in [0.25, 0.3) is 0 Å². The van der Waals surface area contributed by atoms with E-state index in [4.69, 9.17) is 0 Å². The molecule has 0 aromatic carbocycles. The second-order valence-corrected chi connectivity index (χ2v) is 5.47. The maximum Gasteiger partial charge on any atom is 0.240 e. The highest BCUT2D eigenvalue weighted by atomic mass is 16.6. The molecule has 3 aliphatic rings. The number of nitroso groups, excluding NO2 is 1. The summed E-state index contributed by atoms with van der Waals surface area (Å²) >= 11 is 0. The fourth-order valence-electron chi connectivity index (χ4n) is 2.75. The third-order valence-corrected chi connectivity index (χ3v) is 4.18. The smallest absolute Gasteiger partial charge is 0.240 e. The lowest BCUT2D eigenvalue weighted by molar-refractivity contribution is -0.761. The Morgan fingerprint density at radius 3 is 2.29 bits per heavy atom. The number of hydrogen-bond donors (Lipinski definition) is 0. The predicted molar refractivity (Wildman–Crippen MR) is 53.3 cm³/mol. The lowest BCUT2D eigenvalue weighted by Gasteiger charge is -2.38. The first-order valence-electron chi connectivity index (χ1n) is 5.32. The second kappa shape index (κ2) is 2.69. The van der Waals surface area contributed by atoms with Crippen LogP contribution in [-0.2, 0) is 0 Å². The summed E-state index contributed by atoms with van der Waals surface area (Å²) in [7, 11) is 0. The van der Waals surface area contributed by atoms with E-state index in [0.29, 0.717) is 16.0 Å². The summed E-state index contributed by atoms with van der Waals surface area (Å²) in [5, 5.41) is 12.6. The van der Waals surface area contributed by atoms with Crippen molar-refractivity contribution in [2.75, 3.05) is 0 Å². The summed E-state index contributed by atoms with van der Waals surface area (Å²) in [6.45, 7) is 5.67. The van der Waals surface area contributed by atoms with Gasteiger partial charge in [-0.25, -0.2) is 0 Å². The van der Waals surface area contributed by atoms with Gasteiger partial charge >= 0.3 is 0 Å². The van der Waals surface area contributed by atoms with Crippen LogP contribution in [0.3, 0.4) is 0 Å². The molecule has 3 fully saturated rings. The van der Waals surface area contributed by atoms with Gasteiger partial charge in [-0.3, -0.25) is 0 Å². The minimum Gasteiger partial charge on any atom is -0.704 e. The van der Waals surface area contributed by atoms with Gasteiger partial charge in [0.2, 0.25) is 5.54 Å². The summed E-state index contributed by atoms with van der Waals surface area (Å²) in [4.78, 5) is 12.5. The van der Waals surface area contributed by atoms with Crippen molar-refractivity contribution in [2.24, 2.45) is 5.92 Å². The van der Waals surface area contributed by atoms with Gasteiger partial charge in [-0.15, -0.1) is 0 Å². The lowest BCUT2D eigenvalue weighted by atomic mass is 9.72. The van der Waals surface area contributed by atoms with Crippen LogP contribution in [0.5, 0.6) is 0 Å². The number of hydroxylamine groups is 1. The van der Waals surface area contributed by atoms with Crippen LogP contribution in [0.4, 0.5) is 0 Å². The fraction of sp³-hybridized carbons (Fsp3) is 1.00. The molecule has 0 amide bonds. The Hall–Kier alpha value is -0.640. The molecule has 0 spiro atoms. The van der Waals surface area contributed by atoms with Gasteiger partial charge in [-0.2, -0.15) is 5.17 Å². The number of nitrogens with zero attached hydrogens (tertiary/aromatic N) is 2. The topological polar surface area (TPSA) is 46.4 Å². The fourth-order valence-corrected chi connectivity index (χ4v) is 2.75. The monoisotopic (exact) mass is 198 g/mol. The van der Waals surface area contributed by atoms with Crippen molar-refractivity contribution >= 4 is 0 Å². The van der Waals surface area contributed by atoms with Crippen molar-refractivity contribution in [3.05, 3.63) is 10.1 Å². The van der Waals surface area contributed by atoms with E-state index in [1.807, 2.05) is 20.8 Å². The summed E-state index contributed by atoms with van der Waals surface area (Å²) in [6, 6.07) is 0. The van der Waals surface area contributed by atoms with E-state index < -0.39 is 11.1 Å². The third kappa shape index (κ3) is 1.10. The molecule has 0 N–H and O–H groups in total. The Morgan fingerprint density at radius 2 is 1.79 bits per heavy atom. The summed E-state index contributed by atoms with van der Waals surface area (Å²) in [5.41, 5.74) is -0.984. The Morgan fingerprint density at radius 1 is 1.29 bits per heavy atom. The molecular formula is C10H18N2O2. The van der Waals surface area contributed by atoms with Crippen LogP contribution in [0, 0.1) is 16.0 Å². The number of rotatable bonds is 0. The molecule has 2 saturated heterocycles. The molecule has 0 aromatic rings. The van der Waals surface area contributed by atoms with Crippen LogP contribution in [0.2, 0.25) is 0 Å². The average molecular weight is 198 g/mol. The lowest BCUT2D eigenvalue weighted by Crippen LogP contribution is -2.50. The van der Waals surface area contributed by atoms with Crippen LogP contribution in [0.1, 0.15) is 46.5 Å². The Bertz CT molecular complexity index is 267. The average Bonchev–Trinajstić information content (AvgIpc) is 2.23. The van der Waals surface area contributed by atoms with Gasteiger partial charge < -0.3 is 5.21 Å². The number of hydrogen-bond acceptors (Lipinski definition) is 2. The van der Waals surface area contributed by atoms with E-state index in [9.17, 15) is 10.1 Å². The molecule has 14 heavy (non-hydrogen) atoms. The molecule has 2 heterocycles. The molecule has 0 radical (unpaired) electrons. The van der Waals surface area contributed by atoms with E-state index >= 15 is 0 Å². The first kappa shape index (κ1) is 9.90. The molecule has 1 saturated carbocycles. The van der Waals surface area contributed by atoms with E-state index in [1.165, 1.54) is 0 Å². The molecule has 0 aromatic heterocycles. The largest absolute Gasteiger partial charge is 0.704 e. The van der Waals surface area contributed by atoms with Gasteiger partial charge in [0.1, 0.15) is 4.87 Å². The highest BCUT2D eigenvalue weighted by Crippen LogP contribution is 2.46. The zero-order chi connectivity index (χ0) is 10.6. The Kier molecular flexibility index (Phi) is 1.90. The van der Waals surface area contributed by atoms with E-state index in [-0.39, 0.29) is 0 Å². The van der Waals surface area contributed by atoms with Crippen molar-refractivity contribution in [2.45, 2.75) is 57.5 Å². The van der Waals surface area contributed by atoms with Crippen molar-refractivity contribution in [1.29, 1.82) is 0 Å². The summed E-state index contributed by atoms with van der Waals surface area (Å²) in [5.74, 6) is 0.368. The standard InChI is InChI=1S/C10H18N2O2/c1-9(2)8-4-6-10(3,7-5-8)12(14)11(9)13/h8H,4-7H2,1-3H3. The number of fused-ring (bicyclic) bond motifs is 4. The highest BCUT2D eigenvalue weighted by Gasteiger charge is 2.55. The molecule has 3 rings (SSSR count). The molecule has 2 aliphatic heterocycles. The Labute approximate surface area is 84.4 Å². The molecule has 0 atom stereocenters. The van der Waals surface area contributed by atoms with Gasteiger partial charge in [-0.1, -0.05) is 0 Å². The molecular weight excluding hydrogens is 180 g/mol. The van der Waals surface area contributed by atoms with Crippen LogP contribution in [0.25, 0.3) is 0 Å². The van der Waals surface area contributed by atoms with Gasteiger partial charge in [0.15, 0.2) is 0 Å². The van der Waals surface area contributed by atoms with E-state index in [2.05, 4.69) is 0 Å². The third-order valence-electron chi connectivity index (χ3n) is 4.18. The van der Waals surface area contributed by atoms with Crippen molar-refractivity contribution in [1.82, 2.24) is 5.17 Å². The van der Waals surface area contributed by atoms with E-state index in [0.717, 1.165) is 25.7 Å². The molecule has 2 bridgehead atoms. The maximum atomic E-state index is 11.9. The summed E-state index contributed by atoms with van der Waals surface area (Å²) in [6.07, 6.45) is 3.70. The molecule has 1 aliphatic carbocycles. The van der Waals surface area contributed by atoms with Crippen molar-refractivity contribution in [3.8, 4) is 0 Å². The second-order valence-electron chi connectivity index (χ2n) is 5.47. The SMILES string of the molecule is CC12CCC(CC1)C(C)(C)[N+](=O)N2[O-]. The first-order valence-corrected chi connectivity index (χ1v) is 5.32.